The zero-order valence-corrected chi connectivity index (χ0v) is 13.5. The van der Waals surface area contributed by atoms with Crippen molar-refractivity contribution in [2.45, 2.75) is 27.7 Å². The number of amides is 1. The molecule has 0 saturated heterocycles. The minimum absolute atomic E-state index is 0.102. The molecule has 1 aromatic heterocycles. The Kier molecular flexibility index (Phi) is 7.29. The molecule has 0 aliphatic carbocycles. The summed E-state index contributed by atoms with van der Waals surface area (Å²) in [7, 11) is 0. The standard InChI is InChI=1S/C16H26FN3O/c1-5-19(6-2)9-10-20(12-13(3)4)16(21)14-7-8-18-11-15(14)17/h7-8,11,13H,5-6,9-10,12H2,1-4H3. The lowest BCUT2D eigenvalue weighted by Crippen LogP contribution is -2.40. The Bertz CT molecular complexity index is 447. The molecule has 0 bridgehead atoms. The van der Waals surface area contributed by atoms with Gasteiger partial charge in [-0.2, -0.15) is 0 Å². The third kappa shape index (κ3) is 5.42. The van der Waals surface area contributed by atoms with E-state index in [4.69, 9.17) is 0 Å². The fourth-order valence-electron chi connectivity index (χ4n) is 2.24. The summed E-state index contributed by atoms with van der Waals surface area (Å²) in [6.45, 7) is 12.2. The third-order valence-electron chi connectivity index (χ3n) is 3.46. The van der Waals surface area contributed by atoms with Crippen LogP contribution in [-0.4, -0.2) is 53.4 Å². The summed E-state index contributed by atoms with van der Waals surface area (Å²) in [4.78, 5) is 20.2. The predicted octanol–water partition coefficient (Wildman–Crippen LogP) is 2.66. The Morgan fingerprint density at radius 3 is 2.48 bits per heavy atom. The van der Waals surface area contributed by atoms with Gasteiger partial charge < -0.3 is 9.80 Å². The number of likely N-dealkylation sites (N-methyl/N-ethyl adjacent to an activating group) is 1. The molecular weight excluding hydrogens is 269 g/mol. The summed E-state index contributed by atoms with van der Waals surface area (Å²) in [5.74, 6) is -0.467. The van der Waals surface area contributed by atoms with Crippen LogP contribution in [0.1, 0.15) is 38.1 Å². The molecule has 21 heavy (non-hydrogen) atoms. The number of carbonyl (C=O) groups excluding carboxylic acids is 1. The molecule has 0 spiro atoms. The Labute approximate surface area is 127 Å². The lowest BCUT2D eigenvalue weighted by Gasteiger charge is -2.28. The van der Waals surface area contributed by atoms with Crippen LogP contribution in [0.4, 0.5) is 4.39 Å². The maximum atomic E-state index is 13.7. The van der Waals surface area contributed by atoms with Gasteiger partial charge in [-0.3, -0.25) is 9.78 Å². The number of aromatic nitrogens is 1. The second kappa shape index (κ2) is 8.72. The molecule has 0 N–H and O–H groups in total. The first-order valence-corrected chi connectivity index (χ1v) is 7.60. The van der Waals surface area contributed by atoms with Gasteiger partial charge in [-0.15, -0.1) is 0 Å². The average molecular weight is 295 g/mol. The van der Waals surface area contributed by atoms with Crippen LogP contribution in [-0.2, 0) is 0 Å². The minimum Gasteiger partial charge on any atom is -0.337 e. The van der Waals surface area contributed by atoms with Gasteiger partial charge in [0.15, 0.2) is 5.82 Å². The Morgan fingerprint density at radius 2 is 1.95 bits per heavy atom. The molecule has 1 amide bonds. The van der Waals surface area contributed by atoms with Crippen molar-refractivity contribution in [3.8, 4) is 0 Å². The smallest absolute Gasteiger partial charge is 0.256 e. The summed E-state index contributed by atoms with van der Waals surface area (Å²) >= 11 is 0. The largest absolute Gasteiger partial charge is 0.337 e. The molecule has 0 aliphatic heterocycles. The highest BCUT2D eigenvalue weighted by Crippen LogP contribution is 2.11. The molecule has 0 radical (unpaired) electrons. The van der Waals surface area contributed by atoms with Crippen molar-refractivity contribution in [2.75, 3.05) is 32.7 Å². The zero-order valence-electron chi connectivity index (χ0n) is 13.5. The zero-order chi connectivity index (χ0) is 15.8. The summed E-state index contributed by atoms with van der Waals surface area (Å²) < 4.78 is 13.7. The van der Waals surface area contributed by atoms with E-state index in [0.717, 1.165) is 25.8 Å². The number of halogens is 1. The Hall–Kier alpha value is -1.49. The van der Waals surface area contributed by atoms with Gasteiger partial charge in [0.25, 0.3) is 5.91 Å². The highest BCUT2D eigenvalue weighted by atomic mass is 19.1. The second-order valence-corrected chi connectivity index (χ2v) is 5.53. The first-order valence-electron chi connectivity index (χ1n) is 7.60. The highest BCUT2D eigenvalue weighted by molar-refractivity contribution is 5.94. The van der Waals surface area contributed by atoms with Crippen molar-refractivity contribution in [1.82, 2.24) is 14.8 Å². The van der Waals surface area contributed by atoms with Crippen LogP contribution in [0.3, 0.4) is 0 Å². The number of rotatable bonds is 8. The molecule has 0 saturated carbocycles. The number of hydrogen-bond acceptors (Lipinski definition) is 3. The van der Waals surface area contributed by atoms with Gasteiger partial charge in [0, 0.05) is 25.8 Å². The first-order chi connectivity index (χ1) is 9.99. The molecule has 4 nitrogen and oxygen atoms in total. The van der Waals surface area contributed by atoms with Gasteiger partial charge >= 0.3 is 0 Å². The molecular formula is C16H26FN3O. The van der Waals surface area contributed by atoms with Crippen LogP contribution >= 0.6 is 0 Å². The number of hydrogen-bond donors (Lipinski definition) is 0. The van der Waals surface area contributed by atoms with E-state index >= 15 is 0 Å². The van der Waals surface area contributed by atoms with E-state index in [1.54, 1.807) is 4.90 Å². The van der Waals surface area contributed by atoms with Crippen LogP contribution in [0.5, 0.6) is 0 Å². The first kappa shape index (κ1) is 17.6. The highest BCUT2D eigenvalue weighted by Gasteiger charge is 2.20. The van der Waals surface area contributed by atoms with Crippen molar-refractivity contribution in [3.05, 3.63) is 29.8 Å². The summed E-state index contributed by atoms with van der Waals surface area (Å²) in [5, 5.41) is 0. The summed E-state index contributed by atoms with van der Waals surface area (Å²) in [6, 6.07) is 1.45. The summed E-state index contributed by atoms with van der Waals surface area (Å²) in [6.07, 6.45) is 2.54. The van der Waals surface area contributed by atoms with Gasteiger partial charge in [-0.25, -0.2) is 4.39 Å². The fraction of sp³-hybridized carbons (Fsp3) is 0.625. The van der Waals surface area contributed by atoms with E-state index < -0.39 is 5.82 Å². The Balaban J connectivity index is 2.82. The molecule has 1 heterocycles. The van der Waals surface area contributed by atoms with Crippen molar-refractivity contribution in [2.24, 2.45) is 5.92 Å². The van der Waals surface area contributed by atoms with Crippen molar-refractivity contribution < 1.29 is 9.18 Å². The molecule has 5 heteroatoms. The van der Waals surface area contributed by atoms with Crippen LogP contribution < -0.4 is 0 Å². The van der Waals surface area contributed by atoms with Crippen molar-refractivity contribution >= 4 is 5.91 Å². The second-order valence-electron chi connectivity index (χ2n) is 5.53. The average Bonchev–Trinajstić information content (AvgIpc) is 2.46. The maximum absolute atomic E-state index is 13.7. The number of pyridine rings is 1. The van der Waals surface area contributed by atoms with Gasteiger partial charge in [0.2, 0.25) is 0 Å². The predicted molar refractivity (Wildman–Crippen MR) is 82.7 cm³/mol. The maximum Gasteiger partial charge on any atom is 0.256 e. The topological polar surface area (TPSA) is 36.4 Å². The summed E-state index contributed by atoms with van der Waals surface area (Å²) in [5.41, 5.74) is 0.102. The van der Waals surface area contributed by atoms with Gasteiger partial charge in [0.1, 0.15) is 0 Å². The van der Waals surface area contributed by atoms with Crippen LogP contribution in [0.2, 0.25) is 0 Å². The molecule has 0 aliphatic rings. The van der Waals surface area contributed by atoms with Crippen LogP contribution in [0.15, 0.2) is 18.5 Å². The van der Waals surface area contributed by atoms with E-state index in [0.29, 0.717) is 19.0 Å². The number of nitrogens with zero attached hydrogens (tertiary/aromatic N) is 3. The normalized spacial score (nSPS) is 11.2. The quantitative estimate of drug-likeness (QED) is 0.740. The molecule has 0 atom stereocenters. The molecule has 1 aromatic rings. The molecule has 0 aromatic carbocycles. The lowest BCUT2D eigenvalue weighted by atomic mass is 10.1. The molecule has 0 unspecified atom stereocenters. The van der Waals surface area contributed by atoms with Gasteiger partial charge in [0.05, 0.1) is 11.8 Å². The molecule has 0 fully saturated rings. The van der Waals surface area contributed by atoms with Crippen molar-refractivity contribution in [3.63, 3.8) is 0 Å². The van der Waals surface area contributed by atoms with Crippen LogP contribution in [0, 0.1) is 11.7 Å². The van der Waals surface area contributed by atoms with E-state index in [9.17, 15) is 9.18 Å². The SMILES string of the molecule is CCN(CC)CCN(CC(C)C)C(=O)c1ccncc1F. The van der Waals surface area contributed by atoms with E-state index in [2.05, 4.69) is 37.6 Å². The molecule has 1 rings (SSSR count). The van der Waals surface area contributed by atoms with Crippen molar-refractivity contribution in [1.29, 1.82) is 0 Å². The van der Waals surface area contributed by atoms with Gasteiger partial charge in [-0.1, -0.05) is 27.7 Å². The third-order valence-corrected chi connectivity index (χ3v) is 3.46. The minimum atomic E-state index is -0.556. The van der Waals surface area contributed by atoms with Crippen LogP contribution in [0.25, 0.3) is 0 Å². The van der Waals surface area contributed by atoms with E-state index in [-0.39, 0.29) is 11.5 Å². The van der Waals surface area contributed by atoms with E-state index in [1.807, 2.05) is 0 Å². The monoisotopic (exact) mass is 295 g/mol. The Morgan fingerprint density at radius 1 is 1.29 bits per heavy atom. The van der Waals surface area contributed by atoms with Gasteiger partial charge in [-0.05, 0) is 25.1 Å². The fourth-order valence-corrected chi connectivity index (χ4v) is 2.24. The lowest BCUT2D eigenvalue weighted by molar-refractivity contribution is 0.0711. The molecule has 118 valence electrons. The van der Waals surface area contributed by atoms with E-state index in [1.165, 1.54) is 12.3 Å². The number of carbonyl (C=O) groups is 1.